The molecule has 64 heavy (non-hydrogen) atoms. The lowest BCUT2D eigenvalue weighted by molar-refractivity contribution is -0.00518. The summed E-state index contributed by atoms with van der Waals surface area (Å²) < 4.78 is 0. The van der Waals surface area contributed by atoms with Crippen LogP contribution in [0.25, 0.3) is 33.0 Å². The zero-order valence-electron chi connectivity index (χ0n) is 36.9. The molecule has 0 N–H and O–H groups in total. The molecule has 0 spiro atoms. The van der Waals surface area contributed by atoms with Gasteiger partial charge in [0, 0.05) is 16.9 Å². The van der Waals surface area contributed by atoms with Gasteiger partial charge in [-0.05, 0) is 172 Å². The van der Waals surface area contributed by atoms with Crippen molar-refractivity contribution in [1.82, 2.24) is 0 Å². The van der Waals surface area contributed by atoms with Crippen molar-refractivity contribution in [2.45, 2.75) is 87.4 Å². The smallest absolute Gasteiger partial charge is 0.0714 e. The number of rotatable bonds is 8. The summed E-state index contributed by atoms with van der Waals surface area (Å²) in [5.41, 5.74) is 17.4. The van der Waals surface area contributed by atoms with Gasteiger partial charge in [-0.1, -0.05) is 177 Å². The summed E-state index contributed by atoms with van der Waals surface area (Å²) in [6.45, 7) is 0. The second kappa shape index (κ2) is 15.2. The molecule has 0 aliphatic heterocycles. The predicted octanol–water partition coefficient (Wildman–Crippen LogP) is 16.9. The van der Waals surface area contributed by atoms with E-state index in [0.717, 1.165) is 17.8 Å². The molecule has 6 aliphatic rings. The standard InChI is InChI=1S/C63H57N/c1-5-16-46(17-6-1)55-26-15-27-57-61(55)56-34-33-53(39-58(56)63(57,50-21-9-3-10-22-50)51-23-11-4-12-24-51)64(59-35-28-47-18-13-14-25-54(47)60(59)48-19-7-2-8-20-48)52-31-29-49(30-32-52)62-40-43-36-44(41-62)38-45(37-43)42-62/h2-4,7-15,18-35,39,43-46H,1,5-6,16-17,36-38,40-42H2. The zero-order chi connectivity index (χ0) is 42.2. The molecule has 4 bridgehead atoms. The molecule has 0 heterocycles. The highest BCUT2D eigenvalue weighted by molar-refractivity contribution is 6.05. The molecule has 0 aromatic heterocycles. The Kier molecular flexibility index (Phi) is 9.11. The van der Waals surface area contributed by atoms with Crippen molar-refractivity contribution in [3.8, 4) is 22.3 Å². The van der Waals surface area contributed by atoms with Gasteiger partial charge in [0.2, 0.25) is 0 Å². The van der Waals surface area contributed by atoms with Crippen LogP contribution in [0.4, 0.5) is 17.1 Å². The maximum Gasteiger partial charge on any atom is 0.0714 e. The monoisotopic (exact) mass is 827 g/mol. The van der Waals surface area contributed by atoms with E-state index in [9.17, 15) is 0 Å². The number of anilines is 3. The van der Waals surface area contributed by atoms with Crippen molar-refractivity contribution in [3.63, 3.8) is 0 Å². The normalized spacial score (nSPS) is 22.9. The minimum atomic E-state index is -0.493. The van der Waals surface area contributed by atoms with Gasteiger partial charge in [0.15, 0.2) is 0 Å². The van der Waals surface area contributed by atoms with E-state index in [1.807, 2.05) is 0 Å². The molecular weight excluding hydrogens is 771 g/mol. The summed E-state index contributed by atoms with van der Waals surface area (Å²) in [7, 11) is 0. The van der Waals surface area contributed by atoms with E-state index in [1.54, 1.807) is 5.56 Å². The quantitative estimate of drug-likeness (QED) is 0.147. The number of fused-ring (bicyclic) bond motifs is 4. The molecule has 1 heteroatoms. The molecule has 8 aromatic rings. The molecule has 6 aliphatic carbocycles. The molecule has 5 fully saturated rings. The van der Waals surface area contributed by atoms with Gasteiger partial charge in [-0.25, -0.2) is 0 Å². The van der Waals surface area contributed by atoms with Crippen LogP contribution < -0.4 is 4.90 Å². The van der Waals surface area contributed by atoms with Crippen molar-refractivity contribution in [2.24, 2.45) is 17.8 Å². The summed E-state index contributed by atoms with van der Waals surface area (Å²) in [6.07, 6.45) is 15.0. The molecule has 1 nitrogen and oxygen atoms in total. The van der Waals surface area contributed by atoms with Crippen molar-refractivity contribution in [1.29, 1.82) is 0 Å². The first-order valence-electron chi connectivity index (χ1n) is 24.5. The third kappa shape index (κ3) is 5.96. The Morgan fingerprint density at radius 3 is 1.72 bits per heavy atom. The molecule has 0 radical (unpaired) electrons. The minimum absolute atomic E-state index is 0.344. The van der Waals surface area contributed by atoms with E-state index in [0.29, 0.717) is 11.3 Å². The SMILES string of the molecule is c1ccc(-c2c(N(c3ccc(C45CC6CC(CC(C6)C4)C5)cc3)c3ccc4c(c3)C(c3ccccc3)(c3ccccc3)c3cccc(C5CCCCC5)c3-4)ccc3ccccc23)cc1. The number of hydrogen-bond acceptors (Lipinski definition) is 1. The van der Waals surface area contributed by atoms with E-state index in [-0.39, 0.29) is 0 Å². The number of nitrogens with zero attached hydrogens (tertiary/aromatic N) is 1. The van der Waals surface area contributed by atoms with Crippen molar-refractivity contribution < 1.29 is 0 Å². The summed E-state index contributed by atoms with van der Waals surface area (Å²) in [4.78, 5) is 2.60. The van der Waals surface area contributed by atoms with Gasteiger partial charge in [-0.2, -0.15) is 0 Å². The predicted molar refractivity (Wildman–Crippen MR) is 267 cm³/mol. The van der Waals surface area contributed by atoms with Crippen LogP contribution in [0.3, 0.4) is 0 Å². The van der Waals surface area contributed by atoms with Gasteiger partial charge in [-0.3, -0.25) is 0 Å². The second-order valence-corrected chi connectivity index (χ2v) is 20.4. The van der Waals surface area contributed by atoms with Crippen LogP contribution in [-0.2, 0) is 10.8 Å². The third-order valence-corrected chi connectivity index (χ3v) is 16.9. The fraction of sp³-hybridized carbons (Fsp3) is 0.270. The average molecular weight is 828 g/mol. The lowest BCUT2D eigenvalue weighted by atomic mass is 9.48. The molecule has 5 saturated carbocycles. The van der Waals surface area contributed by atoms with Crippen molar-refractivity contribution in [2.75, 3.05) is 4.90 Å². The van der Waals surface area contributed by atoms with Gasteiger partial charge in [0.25, 0.3) is 0 Å². The second-order valence-electron chi connectivity index (χ2n) is 20.4. The van der Waals surface area contributed by atoms with Crippen molar-refractivity contribution >= 4 is 27.8 Å². The van der Waals surface area contributed by atoms with Gasteiger partial charge in [0.05, 0.1) is 11.1 Å². The van der Waals surface area contributed by atoms with Gasteiger partial charge in [-0.15, -0.1) is 0 Å². The lowest BCUT2D eigenvalue weighted by Crippen LogP contribution is -2.48. The third-order valence-electron chi connectivity index (χ3n) is 16.9. The fourth-order valence-corrected chi connectivity index (χ4v) is 14.7. The minimum Gasteiger partial charge on any atom is -0.310 e. The van der Waals surface area contributed by atoms with Crippen LogP contribution in [-0.4, -0.2) is 0 Å². The molecule has 8 aromatic carbocycles. The molecular formula is C63H57N. The Hall–Kier alpha value is -6.18. The molecule has 314 valence electrons. The molecule has 0 atom stereocenters. The van der Waals surface area contributed by atoms with E-state index in [1.165, 1.54) is 149 Å². The lowest BCUT2D eigenvalue weighted by Gasteiger charge is -2.57. The highest BCUT2D eigenvalue weighted by atomic mass is 15.1. The summed E-state index contributed by atoms with van der Waals surface area (Å²) >= 11 is 0. The maximum absolute atomic E-state index is 2.60. The largest absolute Gasteiger partial charge is 0.310 e. The fourth-order valence-electron chi connectivity index (χ4n) is 14.7. The molecule has 0 amide bonds. The molecule has 0 unspecified atom stereocenters. The molecule has 14 rings (SSSR count). The Labute approximate surface area is 379 Å². The van der Waals surface area contributed by atoms with E-state index in [2.05, 4.69) is 193 Å². The Morgan fingerprint density at radius 1 is 0.438 bits per heavy atom. The first-order chi connectivity index (χ1) is 31.7. The Bertz CT molecular complexity index is 2920. The van der Waals surface area contributed by atoms with E-state index in [4.69, 9.17) is 0 Å². The number of benzene rings is 8. The first kappa shape index (κ1) is 38.3. The Balaban J connectivity index is 1.07. The van der Waals surface area contributed by atoms with E-state index < -0.39 is 5.41 Å². The van der Waals surface area contributed by atoms with Crippen LogP contribution in [0, 0.1) is 17.8 Å². The first-order valence-corrected chi connectivity index (χ1v) is 24.5. The van der Waals surface area contributed by atoms with Gasteiger partial charge >= 0.3 is 0 Å². The number of hydrogen-bond donors (Lipinski definition) is 0. The Morgan fingerprint density at radius 2 is 1.05 bits per heavy atom. The highest BCUT2D eigenvalue weighted by Crippen LogP contribution is 2.62. The maximum atomic E-state index is 2.60. The average Bonchev–Trinajstić information content (AvgIpc) is 3.65. The van der Waals surface area contributed by atoms with Crippen LogP contribution in [0.15, 0.2) is 188 Å². The summed E-state index contributed by atoms with van der Waals surface area (Å²) in [5, 5.41) is 2.53. The van der Waals surface area contributed by atoms with Crippen LogP contribution >= 0.6 is 0 Å². The van der Waals surface area contributed by atoms with Crippen LogP contribution in [0.2, 0.25) is 0 Å². The van der Waals surface area contributed by atoms with Crippen molar-refractivity contribution in [3.05, 3.63) is 221 Å². The van der Waals surface area contributed by atoms with Gasteiger partial charge < -0.3 is 4.90 Å². The van der Waals surface area contributed by atoms with Gasteiger partial charge in [0.1, 0.15) is 0 Å². The highest BCUT2D eigenvalue weighted by Gasteiger charge is 2.52. The molecule has 0 saturated heterocycles. The summed E-state index contributed by atoms with van der Waals surface area (Å²) in [5.74, 6) is 3.32. The summed E-state index contributed by atoms with van der Waals surface area (Å²) in [6, 6.07) is 72.5. The topological polar surface area (TPSA) is 3.24 Å². The van der Waals surface area contributed by atoms with E-state index >= 15 is 0 Å². The zero-order valence-corrected chi connectivity index (χ0v) is 36.9. The van der Waals surface area contributed by atoms with Crippen LogP contribution in [0.5, 0.6) is 0 Å². The van der Waals surface area contributed by atoms with Crippen LogP contribution in [0.1, 0.15) is 110 Å².